The van der Waals surface area contributed by atoms with Gasteiger partial charge in [0.2, 0.25) is 0 Å². The second-order valence-corrected chi connectivity index (χ2v) is 8.77. The zero-order chi connectivity index (χ0) is 18.2. The van der Waals surface area contributed by atoms with E-state index >= 15 is 0 Å². The Morgan fingerprint density at radius 2 is 1.96 bits per heavy atom. The van der Waals surface area contributed by atoms with Crippen molar-refractivity contribution in [1.29, 1.82) is 0 Å². The molecule has 2 aliphatic rings. The molecule has 136 valence electrons. The average molecular weight is 374 g/mol. The smallest absolute Gasteiger partial charge is 0.120 e. The minimum atomic E-state index is 0.396. The van der Waals surface area contributed by atoms with Crippen molar-refractivity contribution in [2.75, 3.05) is 5.32 Å². The number of anilines is 1. The molecule has 5 rings (SSSR count). The average Bonchev–Trinajstić information content (AvgIpc) is 3.36. The first-order chi connectivity index (χ1) is 13.3. The number of hydrogen-bond acceptors (Lipinski definition) is 3. The molecular formula is C24H23NOS. The second-order valence-electron chi connectivity index (χ2n) is 7.45. The third kappa shape index (κ3) is 3.17. The molecule has 1 aromatic heterocycles. The highest BCUT2D eigenvalue weighted by atomic mass is 32.1. The monoisotopic (exact) mass is 373 g/mol. The standard InChI is InChI=1S/C24H23NOS/c1-16-10-13-23(27-16)24-20-9-5-8-19(20)21-14-18(11-12-22(21)25-24)26-15-17-6-3-2-4-7-17/h2-8,10-14,19-20,24-25H,9,15H2,1H3. The molecule has 0 bridgehead atoms. The molecule has 0 saturated carbocycles. The van der Waals surface area contributed by atoms with E-state index in [2.05, 4.69) is 79.0 Å². The first-order valence-electron chi connectivity index (χ1n) is 9.58. The topological polar surface area (TPSA) is 21.3 Å². The minimum absolute atomic E-state index is 0.396. The Hall–Kier alpha value is -2.52. The molecule has 2 nitrogen and oxygen atoms in total. The van der Waals surface area contributed by atoms with Gasteiger partial charge in [0.1, 0.15) is 12.4 Å². The van der Waals surface area contributed by atoms with Crippen LogP contribution in [0.3, 0.4) is 0 Å². The van der Waals surface area contributed by atoms with E-state index in [1.165, 1.54) is 26.6 Å². The van der Waals surface area contributed by atoms with Gasteiger partial charge in [-0.1, -0.05) is 42.5 Å². The molecule has 3 heteroatoms. The summed E-state index contributed by atoms with van der Waals surface area (Å²) >= 11 is 1.91. The molecule has 0 spiro atoms. The summed E-state index contributed by atoms with van der Waals surface area (Å²) in [7, 11) is 0. The van der Waals surface area contributed by atoms with Gasteiger partial charge < -0.3 is 10.1 Å². The third-order valence-electron chi connectivity index (χ3n) is 5.65. The van der Waals surface area contributed by atoms with Crippen LogP contribution in [0.5, 0.6) is 5.75 Å². The van der Waals surface area contributed by atoms with Gasteiger partial charge in [-0.15, -0.1) is 11.3 Å². The molecule has 0 fully saturated rings. The summed E-state index contributed by atoms with van der Waals surface area (Å²) in [5, 5.41) is 3.81. The van der Waals surface area contributed by atoms with Crippen LogP contribution in [-0.4, -0.2) is 0 Å². The normalized spacial score (nSPS) is 22.8. The molecule has 2 aromatic carbocycles. The lowest BCUT2D eigenvalue weighted by molar-refractivity contribution is 0.305. The largest absolute Gasteiger partial charge is 0.489 e. The molecule has 0 saturated heterocycles. The van der Waals surface area contributed by atoms with E-state index in [4.69, 9.17) is 4.74 Å². The molecule has 0 radical (unpaired) electrons. The van der Waals surface area contributed by atoms with Crippen LogP contribution in [0.1, 0.15) is 39.3 Å². The highest BCUT2D eigenvalue weighted by Gasteiger charge is 2.38. The van der Waals surface area contributed by atoms with Crippen LogP contribution < -0.4 is 10.1 Å². The van der Waals surface area contributed by atoms with E-state index in [9.17, 15) is 0 Å². The van der Waals surface area contributed by atoms with Crippen molar-refractivity contribution in [2.24, 2.45) is 5.92 Å². The fourth-order valence-electron chi connectivity index (χ4n) is 4.31. The summed E-state index contributed by atoms with van der Waals surface area (Å²) in [5.74, 6) is 2.00. The molecule has 0 amide bonds. The van der Waals surface area contributed by atoms with Gasteiger partial charge in [0.05, 0.1) is 6.04 Å². The highest BCUT2D eigenvalue weighted by Crippen LogP contribution is 2.51. The lowest BCUT2D eigenvalue weighted by Gasteiger charge is -2.37. The molecule has 1 N–H and O–H groups in total. The van der Waals surface area contributed by atoms with Crippen LogP contribution in [0.4, 0.5) is 5.69 Å². The molecule has 3 atom stereocenters. The van der Waals surface area contributed by atoms with Gasteiger partial charge >= 0.3 is 0 Å². The van der Waals surface area contributed by atoms with Gasteiger partial charge in [-0.05, 0) is 60.7 Å². The van der Waals surface area contributed by atoms with E-state index < -0.39 is 0 Å². The lowest BCUT2D eigenvalue weighted by Crippen LogP contribution is -2.28. The molecule has 3 aromatic rings. The predicted octanol–water partition coefficient (Wildman–Crippen LogP) is 6.46. The van der Waals surface area contributed by atoms with E-state index in [0.29, 0.717) is 24.5 Å². The van der Waals surface area contributed by atoms with Crippen molar-refractivity contribution >= 4 is 17.0 Å². The van der Waals surface area contributed by atoms with E-state index in [-0.39, 0.29) is 0 Å². The van der Waals surface area contributed by atoms with Crippen molar-refractivity contribution < 1.29 is 4.74 Å². The van der Waals surface area contributed by atoms with Crippen LogP contribution in [0, 0.1) is 12.8 Å². The van der Waals surface area contributed by atoms with Crippen molar-refractivity contribution in [2.45, 2.75) is 31.9 Å². The SMILES string of the molecule is Cc1ccc(C2Nc3ccc(OCc4ccccc4)cc3C3C=CCC32)s1. The summed E-state index contributed by atoms with van der Waals surface area (Å²) in [6, 6.07) is 21.8. The van der Waals surface area contributed by atoms with Gasteiger partial charge in [-0.25, -0.2) is 0 Å². The van der Waals surface area contributed by atoms with Crippen LogP contribution in [-0.2, 0) is 6.61 Å². The molecule has 3 unspecified atom stereocenters. The summed E-state index contributed by atoms with van der Waals surface area (Å²) in [4.78, 5) is 2.83. The van der Waals surface area contributed by atoms with Gasteiger partial charge in [-0.2, -0.15) is 0 Å². The fraction of sp³-hybridized carbons (Fsp3) is 0.250. The number of aryl methyl sites for hydroxylation is 1. The van der Waals surface area contributed by atoms with Crippen molar-refractivity contribution in [1.82, 2.24) is 0 Å². The van der Waals surface area contributed by atoms with Gasteiger partial charge in [0.25, 0.3) is 0 Å². The Labute approximate surface area is 164 Å². The molecular weight excluding hydrogens is 350 g/mol. The van der Waals surface area contributed by atoms with Crippen LogP contribution >= 0.6 is 11.3 Å². The second kappa shape index (κ2) is 6.90. The summed E-state index contributed by atoms with van der Waals surface area (Å²) in [6.45, 7) is 2.79. The number of ether oxygens (including phenoxy) is 1. The summed E-state index contributed by atoms with van der Waals surface area (Å²) < 4.78 is 6.07. The summed E-state index contributed by atoms with van der Waals surface area (Å²) in [5.41, 5.74) is 3.80. The number of rotatable bonds is 4. The Morgan fingerprint density at radius 1 is 1.07 bits per heavy atom. The maximum absolute atomic E-state index is 6.07. The van der Waals surface area contributed by atoms with Gasteiger partial charge in [-0.3, -0.25) is 0 Å². The predicted molar refractivity (Wildman–Crippen MR) is 113 cm³/mol. The number of fused-ring (bicyclic) bond motifs is 3. The molecule has 2 heterocycles. The van der Waals surface area contributed by atoms with Gasteiger partial charge in [0, 0.05) is 21.4 Å². The number of nitrogens with one attached hydrogen (secondary N) is 1. The van der Waals surface area contributed by atoms with Crippen molar-refractivity contribution in [3.05, 3.63) is 93.7 Å². The molecule has 1 aliphatic heterocycles. The number of benzene rings is 2. The van der Waals surface area contributed by atoms with Crippen molar-refractivity contribution in [3.8, 4) is 5.75 Å². The zero-order valence-electron chi connectivity index (χ0n) is 15.4. The van der Waals surface area contributed by atoms with Gasteiger partial charge in [0.15, 0.2) is 0 Å². The molecule has 27 heavy (non-hydrogen) atoms. The van der Waals surface area contributed by atoms with Crippen LogP contribution in [0.25, 0.3) is 0 Å². The Morgan fingerprint density at radius 3 is 2.78 bits per heavy atom. The first-order valence-corrected chi connectivity index (χ1v) is 10.4. The lowest BCUT2D eigenvalue weighted by atomic mass is 9.79. The highest BCUT2D eigenvalue weighted by molar-refractivity contribution is 7.12. The Bertz CT molecular complexity index is 975. The van der Waals surface area contributed by atoms with Crippen molar-refractivity contribution in [3.63, 3.8) is 0 Å². The van der Waals surface area contributed by atoms with E-state index in [1.807, 2.05) is 17.4 Å². The maximum atomic E-state index is 6.07. The first kappa shape index (κ1) is 16.6. The molecule has 1 aliphatic carbocycles. The van der Waals surface area contributed by atoms with E-state index in [1.54, 1.807) is 0 Å². The minimum Gasteiger partial charge on any atom is -0.489 e. The Balaban J connectivity index is 1.41. The van der Waals surface area contributed by atoms with Crippen LogP contribution in [0.15, 0.2) is 72.8 Å². The quantitative estimate of drug-likeness (QED) is 0.530. The van der Waals surface area contributed by atoms with E-state index in [0.717, 1.165) is 12.2 Å². The number of allylic oxidation sites excluding steroid dienone is 2. The maximum Gasteiger partial charge on any atom is 0.120 e. The van der Waals surface area contributed by atoms with Crippen LogP contribution in [0.2, 0.25) is 0 Å². The number of hydrogen-bond donors (Lipinski definition) is 1. The zero-order valence-corrected chi connectivity index (χ0v) is 16.2. The Kier molecular flexibility index (Phi) is 4.25. The fourth-order valence-corrected chi connectivity index (χ4v) is 5.31. The number of thiophene rings is 1. The summed E-state index contributed by atoms with van der Waals surface area (Å²) in [6.07, 6.45) is 5.86. The third-order valence-corrected chi connectivity index (χ3v) is 6.73.